The maximum Gasteiger partial charge on any atom is 0.0235 e. The first-order valence-electron chi connectivity index (χ1n) is 6.46. The summed E-state index contributed by atoms with van der Waals surface area (Å²) < 4.78 is 0. The molecule has 0 aromatic rings. The Labute approximate surface area is 94.6 Å². The van der Waals surface area contributed by atoms with Crippen molar-refractivity contribution in [1.29, 1.82) is 0 Å². The summed E-state index contributed by atoms with van der Waals surface area (Å²) in [7, 11) is 0. The van der Waals surface area contributed by atoms with Crippen LogP contribution in [0.15, 0.2) is 0 Å². The summed E-state index contributed by atoms with van der Waals surface area (Å²) in [6.07, 6.45) is 2.79. The largest absolute Gasteiger partial charge is 0.299 e. The smallest absolute Gasteiger partial charge is 0.0235 e. The standard InChI is InChI=1S/C13H26N2/c1-11-5-7-14(9-11)12-6-8-15(10-12)13(2,3)4/h11-12H,5-10H2,1-4H3/t11-,12+/m1/s1. The molecule has 2 fully saturated rings. The predicted octanol–water partition coefficient (Wildman–Crippen LogP) is 2.20. The lowest BCUT2D eigenvalue weighted by Gasteiger charge is -2.32. The molecule has 88 valence electrons. The zero-order valence-corrected chi connectivity index (χ0v) is 10.8. The van der Waals surface area contributed by atoms with Gasteiger partial charge in [0.1, 0.15) is 0 Å². The molecule has 0 aromatic carbocycles. The first-order chi connectivity index (χ1) is 6.97. The molecular formula is C13H26N2. The predicted molar refractivity (Wildman–Crippen MR) is 65.1 cm³/mol. The molecule has 2 aliphatic heterocycles. The molecule has 2 aliphatic rings. The van der Waals surface area contributed by atoms with E-state index in [-0.39, 0.29) is 0 Å². The first kappa shape index (κ1) is 11.4. The molecule has 15 heavy (non-hydrogen) atoms. The summed E-state index contributed by atoms with van der Waals surface area (Å²) in [5.74, 6) is 0.925. The topological polar surface area (TPSA) is 6.48 Å². The maximum absolute atomic E-state index is 2.72. The van der Waals surface area contributed by atoms with Gasteiger partial charge >= 0.3 is 0 Å². The Hall–Kier alpha value is -0.0800. The van der Waals surface area contributed by atoms with Gasteiger partial charge in [0.25, 0.3) is 0 Å². The van der Waals surface area contributed by atoms with Crippen molar-refractivity contribution in [2.24, 2.45) is 5.92 Å². The van der Waals surface area contributed by atoms with E-state index in [9.17, 15) is 0 Å². The van der Waals surface area contributed by atoms with Gasteiger partial charge in [0.15, 0.2) is 0 Å². The first-order valence-corrected chi connectivity index (χ1v) is 6.46. The van der Waals surface area contributed by atoms with Crippen LogP contribution in [-0.2, 0) is 0 Å². The van der Waals surface area contributed by atoms with Crippen molar-refractivity contribution in [3.05, 3.63) is 0 Å². The second kappa shape index (κ2) is 4.06. The van der Waals surface area contributed by atoms with Crippen molar-refractivity contribution in [3.63, 3.8) is 0 Å². The molecule has 0 bridgehead atoms. The van der Waals surface area contributed by atoms with Gasteiger partial charge in [-0.05, 0) is 46.1 Å². The van der Waals surface area contributed by atoms with Gasteiger partial charge in [0.05, 0.1) is 0 Å². The lowest BCUT2D eigenvalue weighted by atomic mass is 10.1. The van der Waals surface area contributed by atoms with Crippen LogP contribution in [0.3, 0.4) is 0 Å². The van der Waals surface area contributed by atoms with Gasteiger partial charge in [-0.1, -0.05) is 6.92 Å². The molecular weight excluding hydrogens is 184 g/mol. The minimum atomic E-state index is 0.361. The van der Waals surface area contributed by atoms with Crippen LogP contribution in [0.25, 0.3) is 0 Å². The van der Waals surface area contributed by atoms with Gasteiger partial charge in [-0.2, -0.15) is 0 Å². The fourth-order valence-corrected chi connectivity index (χ4v) is 2.95. The molecule has 0 amide bonds. The van der Waals surface area contributed by atoms with E-state index in [2.05, 4.69) is 37.5 Å². The van der Waals surface area contributed by atoms with E-state index in [1.54, 1.807) is 0 Å². The van der Waals surface area contributed by atoms with Crippen molar-refractivity contribution in [3.8, 4) is 0 Å². The third-order valence-electron chi connectivity index (χ3n) is 4.08. The van der Waals surface area contributed by atoms with Crippen molar-refractivity contribution < 1.29 is 0 Å². The van der Waals surface area contributed by atoms with Gasteiger partial charge in [-0.25, -0.2) is 0 Å². The van der Waals surface area contributed by atoms with Crippen molar-refractivity contribution >= 4 is 0 Å². The molecule has 0 radical (unpaired) electrons. The normalized spacial score (nSPS) is 35.2. The summed E-state index contributed by atoms with van der Waals surface area (Å²) >= 11 is 0. The van der Waals surface area contributed by atoms with Crippen molar-refractivity contribution in [2.45, 2.75) is 52.1 Å². The second-order valence-corrected chi connectivity index (χ2v) is 6.45. The number of hydrogen-bond acceptors (Lipinski definition) is 2. The van der Waals surface area contributed by atoms with Crippen LogP contribution in [0.2, 0.25) is 0 Å². The Morgan fingerprint density at radius 2 is 1.73 bits per heavy atom. The van der Waals surface area contributed by atoms with Crippen LogP contribution in [-0.4, -0.2) is 47.6 Å². The Kier molecular flexibility index (Phi) is 3.09. The second-order valence-electron chi connectivity index (χ2n) is 6.45. The minimum Gasteiger partial charge on any atom is -0.299 e. The highest BCUT2D eigenvalue weighted by molar-refractivity contribution is 4.91. The maximum atomic E-state index is 2.72. The highest BCUT2D eigenvalue weighted by Gasteiger charge is 2.35. The lowest BCUT2D eigenvalue weighted by Crippen LogP contribution is -2.42. The Morgan fingerprint density at radius 1 is 1.00 bits per heavy atom. The van der Waals surface area contributed by atoms with E-state index in [1.807, 2.05) is 0 Å². The summed E-state index contributed by atoms with van der Waals surface area (Å²) in [5.41, 5.74) is 0.361. The quantitative estimate of drug-likeness (QED) is 0.654. The summed E-state index contributed by atoms with van der Waals surface area (Å²) in [6.45, 7) is 14.6. The van der Waals surface area contributed by atoms with E-state index < -0.39 is 0 Å². The molecule has 0 N–H and O–H groups in total. The molecule has 0 aromatic heterocycles. The Balaban J connectivity index is 1.87. The van der Waals surface area contributed by atoms with E-state index in [0.29, 0.717) is 5.54 Å². The van der Waals surface area contributed by atoms with E-state index in [1.165, 1.54) is 39.0 Å². The summed E-state index contributed by atoms with van der Waals surface area (Å²) in [6, 6.07) is 0.842. The molecule has 2 saturated heterocycles. The molecule has 2 nitrogen and oxygen atoms in total. The average molecular weight is 210 g/mol. The number of nitrogens with zero attached hydrogens (tertiary/aromatic N) is 2. The molecule has 2 heterocycles. The van der Waals surface area contributed by atoms with Gasteiger partial charge in [0, 0.05) is 31.2 Å². The Morgan fingerprint density at radius 3 is 2.20 bits per heavy atom. The van der Waals surface area contributed by atoms with Crippen LogP contribution < -0.4 is 0 Å². The fourth-order valence-electron chi connectivity index (χ4n) is 2.95. The third kappa shape index (κ3) is 2.54. The number of hydrogen-bond donors (Lipinski definition) is 0. The van der Waals surface area contributed by atoms with Crippen molar-refractivity contribution in [1.82, 2.24) is 9.80 Å². The monoisotopic (exact) mass is 210 g/mol. The molecule has 2 atom stereocenters. The van der Waals surface area contributed by atoms with Gasteiger partial charge in [-0.15, -0.1) is 0 Å². The van der Waals surface area contributed by atoms with Gasteiger partial charge < -0.3 is 0 Å². The summed E-state index contributed by atoms with van der Waals surface area (Å²) in [5, 5.41) is 0. The fraction of sp³-hybridized carbons (Fsp3) is 1.00. The zero-order chi connectivity index (χ0) is 11.1. The van der Waals surface area contributed by atoms with Gasteiger partial charge in [0.2, 0.25) is 0 Å². The lowest BCUT2D eigenvalue weighted by molar-refractivity contribution is 0.152. The minimum absolute atomic E-state index is 0.361. The van der Waals surface area contributed by atoms with Crippen molar-refractivity contribution in [2.75, 3.05) is 26.2 Å². The molecule has 0 aliphatic carbocycles. The van der Waals surface area contributed by atoms with Crippen LogP contribution in [0.4, 0.5) is 0 Å². The van der Waals surface area contributed by atoms with E-state index in [0.717, 1.165) is 12.0 Å². The van der Waals surface area contributed by atoms with Crippen LogP contribution in [0.1, 0.15) is 40.5 Å². The Bertz CT molecular complexity index is 219. The third-order valence-corrected chi connectivity index (χ3v) is 4.08. The SMILES string of the molecule is C[C@@H]1CCN([C@H]2CCN(C(C)(C)C)C2)C1. The summed E-state index contributed by atoms with van der Waals surface area (Å²) in [4.78, 5) is 5.36. The molecule has 2 rings (SSSR count). The average Bonchev–Trinajstić information content (AvgIpc) is 2.69. The highest BCUT2D eigenvalue weighted by atomic mass is 15.3. The van der Waals surface area contributed by atoms with Crippen LogP contribution >= 0.6 is 0 Å². The molecule has 0 spiro atoms. The highest BCUT2D eigenvalue weighted by Crippen LogP contribution is 2.27. The zero-order valence-electron chi connectivity index (χ0n) is 10.8. The molecule has 0 unspecified atom stereocenters. The molecule has 0 saturated carbocycles. The van der Waals surface area contributed by atoms with Gasteiger partial charge in [-0.3, -0.25) is 9.80 Å². The number of rotatable bonds is 1. The van der Waals surface area contributed by atoms with E-state index in [4.69, 9.17) is 0 Å². The van der Waals surface area contributed by atoms with Crippen LogP contribution in [0, 0.1) is 5.92 Å². The molecule has 2 heteroatoms. The number of likely N-dealkylation sites (tertiary alicyclic amines) is 2. The van der Waals surface area contributed by atoms with Crippen LogP contribution in [0.5, 0.6) is 0 Å². The van der Waals surface area contributed by atoms with E-state index >= 15 is 0 Å².